The number of carbonyl (C=O) groups excluding carboxylic acids is 1. The van der Waals surface area contributed by atoms with Crippen LogP contribution in [0.2, 0.25) is 0 Å². The van der Waals surface area contributed by atoms with Crippen LogP contribution in [-0.4, -0.2) is 40.0 Å². The van der Waals surface area contributed by atoms with Crippen molar-refractivity contribution in [1.29, 1.82) is 0 Å². The number of hydrogen-bond acceptors (Lipinski definition) is 9. The summed E-state index contributed by atoms with van der Waals surface area (Å²) in [7, 11) is -1.51. The summed E-state index contributed by atoms with van der Waals surface area (Å²) in [5, 5.41) is 4.40. The van der Waals surface area contributed by atoms with Gasteiger partial charge in [-0.3, -0.25) is 4.79 Å². The summed E-state index contributed by atoms with van der Waals surface area (Å²) in [6.07, 6.45) is 2.07. The van der Waals surface area contributed by atoms with Crippen molar-refractivity contribution in [1.82, 2.24) is 0 Å². The molecule has 0 saturated heterocycles. The van der Waals surface area contributed by atoms with E-state index in [1.807, 2.05) is 18.2 Å². The van der Waals surface area contributed by atoms with Crippen molar-refractivity contribution in [3.8, 4) is 23.0 Å². The molecule has 0 spiro atoms. The summed E-state index contributed by atoms with van der Waals surface area (Å²) >= 11 is 0. The van der Waals surface area contributed by atoms with E-state index in [0.29, 0.717) is 0 Å². The Morgan fingerprint density at radius 1 is 1.00 bits per heavy atom. The predicted molar refractivity (Wildman–Crippen MR) is 120 cm³/mol. The molecule has 0 saturated carbocycles. The van der Waals surface area contributed by atoms with Gasteiger partial charge in [-0.2, -0.15) is 4.40 Å². The monoisotopic (exact) mass is 487 g/mol. The second-order valence-electron chi connectivity index (χ2n) is 7.34. The van der Waals surface area contributed by atoms with Crippen LogP contribution in [0.5, 0.6) is 23.0 Å². The summed E-state index contributed by atoms with van der Waals surface area (Å²) in [6.45, 7) is 3.21. The van der Waals surface area contributed by atoms with E-state index in [1.165, 1.54) is 0 Å². The van der Waals surface area contributed by atoms with Gasteiger partial charge in [-0.15, -0.1) is 0 Å². The number of rotatable bonds is 3. The van der Waals surface area contributed by atoms with Crippen LogP contribution in [0.15, 0.2) is 42.6 Å². The quantitative estimate of drug-likeness (QED) is 0.141. The van der Waals surface area contributed by atoms with E-state index in [4.69, 9.17) is 18.9 Å². The minimum atomic E-state index is -4.82. The number of pyridine rings is 2. The van der Waals surface area contributed by atoms with Crippen LogP contribution in [0.25, 0.3) is 27.1 Å². The lowest BCUT2D eigenvalue weighted by atomic mass is 10.0. The van der Waals surface area contributed by atoms with Gasteiger partial charge in [0.2, 0.25) is 12.3 Å². The first-order valence-electron chi connectivity index (χ1n) is 10.0. The van der Waals surface area contributed by atoms with Crippen LogP contribution in [0.3, 0.4) is 0 Å². The van der Waals surface area contributed by atoms with Gasteiger partial charge in [0.1, 0.15) is 0 Å². The van der Waals surface area contributed by atoms with Crippen molar-refractivity contribution in [2.24, 2.45) is 0 Å². The number of carbonyl (C=O) groups is 1. The van der Waals surface area contributed by atoms with Crippen LogP contribution >= 0.6 is 0 Å². The van der Waals surface area contributed by atoms with E-state index in [-0.39, 0.29) is 6.79 Å². The van der Waals surface area contributed by atoms with Gasteiger partial charge < -0.3 is 27.7 Å². The average molecular weight is 487 g/mol. The highest BCUT2D eigenvalue weighted by molar-refractivity contribution is 7.81. The van der Waals surface area contributed by atoms with E-state index in [2.05, 4.69) is 39.9 Å². The van der Waals surface area contributed by atoms with Crippen LogP contribution in [0, 0.1) is 6.92 Å². The van der Waals surface area contributed by atoms with Gasteiger partial charge >= 0.3 is 5.97 Å². The fourth-order valence-electron chi connectivity index (χ4n) is 3.93. The largest absolute Gasteiger partial charge is 0.716 e. The average Bonchev–Trinajstić information content (AvgIpc) is 3.26. The molecule has 0 N–H and O–H groups in total. The van der Waals surface area contributed by atoms with Crippen LogP contribution < -0.4 is 23.3 Å². The molecule has 178 valence electrons. The van der Waals surface area contributed by atoms with E-state index >= 15 is 0 Å². The maximum absolute atomic E-state index is 9.66. The number of ether oxygens (including phenoxy) is 4. The van der Waals surface area contributed by atoms with Crippen molar-refractivity contribution in [3.05, 3.63) is 48.3 Å². The first-order chi connectivity index (χ1) is 16.1. The van der Waals surface area contributed by atoms with Gasteiger partial charge in [-0.25, -0.2) is 8.42 Å². The molecule has 3 heterocycles. The Morgan fingerprint density at radius 2 is 1.71 bits per heavy atom. The van der Waals surface area contributed by atoms with Crippen molar-refractivity contribution >= 4 is 43.4 Å². The van der Waals surface area contributed by atoms with Crippen LogP contribution in [0.1, 0.15) is 12.6 Å². The van der Waals surface area contributed by atoms with Gasteiger partial charge in [0.15, 0.2) is 34.9 Å². The summed E-state index contributed by atoms with van der Waals surface area (Å²) in [6, 6.07) is 12.4. The molecule has 1 aliphatic rings. The summed E-state index contributed by atoms with van der Waals surface area (Å²) in [5.41, 5.74) is 2.25. The maximum atomic E-state index is 9.66. The van der Waals surface area contributed by atoms with Gasteiger partial charge in [-0.05, 0) is 29.7 Å². The van der Waals surface area contributed by atoms with Crippen molar-refractivity contribution in [3.63, 3.8) is 0 Å². The zero-order valence-corrected chi connectivity index (χ0v) is 19.6. The number of aromatic nitrogens is 1. The Hall–Kier alpha value is -3.83. The predicted octanol–water partition coefficient (Wildman–Crippen LogP) is 2.80. The standard InChI is InChI=1S/C21H18NO4.C2H4O5S/c1-12-16-10-20(24-3)19(23-2)9-13(16)8-17-14-4-5-18-21(26-11-25-18)15(14)6-7-22(12)17;1-2(3)7-8(4,5)6/h4-10H,11H2,1-3H3;1H3,(H,4,5,6)/q+1;/p-1. The molecule has 1 aliphatic heterocycles. The molecule has 2 aromatic heterocycles. The van der Waals surface area contributed by atoms with E-state index < -0.39 is 16.4 Å². The van der Waals surface area contributed by atoms with Gasteiger partial charge in [-0.1, -0.05) is 0 Å². The summed E-state index contributed by atoms with van der Waals surface area (Å²) < 4.78 is 55.9. The van der Waals surface area contributed by atoms with Crippen molar-refractivity contribution in [2.45, 2.75) is 13.8 Å². The van der Waals surface area contributed by atoms with Crippen molar-refractivity contribution < 1.29 is 45.3 Å². The minimum absolute atomic E-state index is 0.271. The third kappa shape index (κ3) is 4.35. The Morgan fingerprint density at radius 3 is 2.32 bits per heavy atom. The number of aryl methyl sites for hydroxylation is 1. The van der Waals surface area contributed by atoms with E-state index in [1.54, 1.807) is 14.2 Å². The Labute approximate surface area is 195 Å². The van der Waals surface area contributed by atoms with Crippen LogP contribution in [-0.2, 0) is 19.4 Å². The number of methoxy groups -OCH3 is 2. The molecule has 10 nitrogen and oxygen atoms in total. The molecule has 0 radical (unpaired) electrons. The molecule has 0 unspecified atom stereocenters. The molecule has 5 rings (SSSR count). The lowest BCUT2D eigenvalue weighted by Gasteiger charge is -2.10. The highest BCUT2D eigenvalue weighted by Crippen LogP contribution is 2.40. The molecular formula is C23H21NO9S. The Bertz CT molecular complexity index is 1550. The molecule has 2 aromatic carbocycles. The van der Waals surface area contributed by atoms with Crippen LogP contribution in [0.4, 0.5) is 0 Å². The minimum Gasteiger partial charge on any atom is -0.716 e. The molecule has 34 heavy (non-hydrogen) atoms. The highest BCUT2D eigenvalue weighted by atomic mass is 32.3. The molecule has 0 fully saturated rings. The molecule has 0 bridgehead atoms. The van der Waals surface area contributed by atoms with Gasteiger partial charge in [0, 0.05) is 31.4 Å². The highest BCUT2D eigenvalue weighted by Gasteiger charge is 2.22. The topological polar surface area (TPSA) is 125 Å². The number of fused-ring (bicyclic) bond motifs is 6. The molecule has 0 aliphatic carbocycles. The smallest absolute Gasteiger partial charge is 0.318 e. The SMILES string of the molecule is CC(=O)OS(=O)(=O)[O-].COc1cc2cc3c4ccc5c(c4cc[n+]3c(C)c2cc1OC)OCO5. The van der Waals surface area contributed by atoms with E-state index in [9.17, 15) is 17.8 Å². The normalized spacial score (nSPS) is 12.4. The lowest BCUT2D eigenvalue weighted by Crippen LogP contribution is -2.25. The molecule has 0 atom stereocenters. The zero-order chi connectivity index (χ0) is 24.6. The summed E-state index contributed by atoms with van der Waals surface area (Å²) in [4.78, 5) is 9.66. The Kier molecular flexibility index (Phi) is 6.07. The molecule has 0 amide bonds. The third-order valence-corrected chi connectivity index (χ3v) is 5.76. The first-order valence-corrected chi connectivity index (χ1v) is 11.3. The molecule has 4 aromatic rings. The maximum Gasteiger partial charge on any atom is 0.318 e. The third-order valence-electron chi connectivity index (χ3n) is 5.32. The van der Waals surface area contributed by atoms with Crippen molar-refractivity contribution in [2.75, 3.05) is 21.0 Å². The summed E-state index contributed by atoms with van der Waals surface area (Å²) in [5.74, 6) is 1.94. The number of hydrogen-bond donors (Lipinski definition) is 0. The van der Waals surface area contributed by atoms with Gasteiger partial charge in [0.05, 0.1) is 25.0 Å². The fourth-order valence-corrected chi connectivity index (χ4v) is 4.22. The van der Waals surface area contributed by atoms with E-state index in [0.717, 1.165) is 62.7 Å². The molecule has 11 heteroatoms. The second kappa shape index (κ2) is 8.84. The lowest BCUT2D eigenvalue weighted by molar-refractivity contribution is -0.516. The van der Waals surface area contributed by atoms with Gasteiger partial charge in [0.25, 0.3) is 10.4 Å². The Balaban J connectivity index is 0.000000297. The zero-order valence-electron chi connectivity index (χ0n) is 18.8. The number of benzene rings is 2. The molecular weight excluding hydrogens is 466 g/mol. The second-order valence-corrected chi connectivity index (χ2v) is 8.32. The number of nitrogens with zero attached hydrogens (tertiary/aromatic N) is 1. The first kappa shape index (κ1) is 23.3. The fraction of sp³-hybridized carbons (Fsp3) is 0.217.